The first kappa shape index (κ1) is 17.7. The summed E-state index contributed by atoms with van der Waals surface area (Å²) in [5, 5.41) is 8.19. The lowest BCUT2D eigenvalue weighted by atomic mass is 9.81. The maximum atomic E-state index is 13.9. The summed E-state index contributed by atoms with van der Waals surface area (Å²) in [6, 6.07) is 6.15. The van der Waals surface area contributed by atoms with Gasteiger partial charge in [-0.25, -0.2) is 14.4 Å². The Labute approximate surface area is 167 Å². The fourth-order valence-corrected chi connectivity index (χ4v) is 4.20. The van der Waals surface area contributed by atoms with Crippen molar-refractivity contribution in [3.63, 3.8) is 0 Å². The van der Waals surface area contributed by atoms with Crippen LogP contribution in [0.15, 0.2) is 43.0 Å². The van der Waals surface area contributed by atoms with Crippen LogP contribution in [0.1, 0.15) is 22.5 Å². The lowest BCUT2D eigenvalue weighted by Gasteiger charge is -2.53. The van der Waals surface area contributed by atoms with Crippen LogP contribution >= 0.6 is 0 Å². The fraction of sp³-hybridized carbons (Fsp3) is 0.350. The summed E-state index contributed by atoms with van der Waals surface area (Å²) in [7, 11) is 0. The van der Waals surface area contributed by atoms with Crippen LogP contribution < -0.4 is 4.90 Å². The van der Waals surface area contributed by atoms with E-state index in [-0.39, 0.29) is 17.5 Å². The number of nitrogens with zero attached hydrogens (tertiary/aromatic N) is 7. The van der Waals surface area contributed by atoms with Gasteiger partial charge in [-0.15, -0.1) is 0 Å². The number of rotatable bonds is 3. The number of amides is 1. The zero-order valence-corrected chi connectivity index (χ0v) is 15.9. The van der Waals surface area contributed by atoms with Crippen molar-refractivity contribution in [2.75, 3.05) is 24.5 Å². The largest absolute Gasteiger partial charge is 0.354 e. The Morgan fingerprint density at radius 1 is 1.14 bits per heavy atom. The molecule has 29 heavy (non-hydrogen) atoms. The quantitative estimate of drug-likeness (QED) is 0.676. The Hall–Kier alpha value is -3.36. The highest BCUT2D eigenvalue weighted by molar-refractivity contribution is 5.98. The molecule has 2 aliphatic rings. The number of piperidine rings is 1. The topological polar surface area (TPSA) is 80.0 Å². The highest BCUT2D eigenvalue weighted by Gasteiger charge is 2.45. The van der Waals surface area contributed by atoms with Crippen LogP contribution in [-0.4, -0.2) is 61.4 Å². The molecule has 8 nitrogen and oxygen atoms in total. The molecule has 9 heteroatoms. The van der Waals surface area contributed by atoms with Crippen molar-refractivity contribution in [1.82, 2.24) is 29.9 Å². The third-order valence-electron chi connectivity index (χ3n) is 5.75. The van der Waals surface area contributed by atoms with Gasteiger partial charge in [0.1, 0.15) is 18.0 Å². The standard InChI is InChI=1S/C20H20FN7O/c1-13-8-19(23-12-22-13)26-7-4-14-10-27(18(14)11-26)20(29)16-9-15(21)2-3-17(16)28-24-5-6-25-28/h2-3,5-6,8-9,12,14,18H,4,7,10-11H2,1H3/t14-,18-/m1/s1. The van der Waals surface area contributed by atoms with Gasteiger partial charge in [0.15, 0.2) is 0 Å². The lowest BCUT2D eigenvalue weighted by Crippen LogP contribution is -2.66. The third kappa shape index (κ3) is 3.12. The normalized spacial score (nSPS) is 20.9. The van der Waals surface area contributed by atoms with Gasteiger partial charge in [0.2, 0.25) is 0 Å². The molecule has 2 aromatic heterocycles. The molecule has 5 rings (SSSR count). The molecule has 0 N–H and O–H groups in total. The van der Waals surface area contributed by atoms with Crippen LogP contribution in [0.3, 0.4) is 0 Å². The number of fused-ring (bicyclic) bond motifs is 1. The molecular formula is C20H20FN7O. The van der Waals surface area contributed by atoms with Crippen molar-refractivity contribution < 1.29 is 9.18 Å². The molecule has 4 heterocycles. The van der Waals surface area contributed by atoms with E-state index in [2.05, 4.69) is 25.1 Å². The molecule has 2 aliphatic heterocycles. The van der Waals surface area contributed by atoms with Gasteiger partial charge in [-0.2, -0.15) is 15.0 Å². The molecule has 0 saturated carbocycles. The number of carbonyl (C=O) groups is 1. The second-order valence-corrected chi connectivity index (χ2v) is 7.52. The van der Waals surface area contributed by atoms with Crippen molar-refractivity contribution in [3.05, 3.63) is 60.1 Å². The molecule has 1 amide bonds. The molecule has 0 bridgehead atoms. The van der Waals surface area contributed by atoms with Crippen LogP contribution in [-0.2, 0) is 0 Å². The van der Waals surface area contributed by atoms with E-state index in [0.717, 1.165) is 24.5 Å². The maximum Gasteiger partial charge on any atom is 0.256 e. The molecule has 0 unspecified atom stereocenters. The monoisotopic (exact) mass is 393 g/mol. The first-order valence-electron chi connectivity index (χ1n) is 9.61. The minimum atomic E-state index is -0.455. The van der Waals surface area contributed by atoms with Crippen molar-refractivity contribution in [3.8, 4) is 5.69 Å². The summed E-state index contributed by atoms with van der Waals surface area (Å²) in [5.74, 6) is 0.683. The van der Waals surface area contributed by atoms with Gasteiger partial charge in [0.25, 0.3) is 5.91 Å². The summed E-state index contributed by atoms with van der Waals surface area (Å²) in [5.41, 5.74) is 1.66. The Balaban J connectivity index is 1.40. The summed E-state index contributed by atoms with van der Waals surface area (Å²) < 4.78 is 13.9. The summed E-state index contributed by atoms with van der Waals surface area (Å²) in [4.78, 5) is 27.2. The van der Waals surface area contributed by atoms with E-state index in [1.807, 2.05) is 17.9 Å². The lowest BCUT2D eigenvalue weighted by molar-refractivity contribution is 0.00774. The molecular weight excluding hydrogens is 373 g/mol. The second kappa shape index (κ2) is 6.91. The van der Waals surface area contributed by atoms with Crippen molar-refractivity contribution in [1.29, 1.82) is 0 Å². The zero-order chi connectivity index (χ0) is 20.0. The minimum Gasteiger partial charge on any atom is -0.354 e. The maximum absolute atomic E-state index is 13.9. The van der Waals surface area contributed by atoms with Crippen LogP contribution in [0.2, 0.25) is 0 Å². The van der Waals surface area contributed by atoms with Crippen molar-refractivity contribution >= 4 is 11.7 Å². The Morgan fingerprint density at radius 3 is 2.76 bits per heavy atom. The van der Waals surface area contributed by atoms with Gasteiger partial charge in [-0.3, -0.25) is 4.79 Å². The molecule has 0 spiro atoms. The van der Waals surface area contributed by atoms with E-state index in [9.17, 15) is 9.18 Å². The van der Waals surface area contributed by atoms with Crippen molar-refractivity contribution in [2.45, 2.75) is 19.4 Å². The Bertz CT molecular complexity index is 1050. The molecule has 3 aromatic rings. The highest BCUT2D eigenvalue weighted by Crippen LogP contribution is 2.35. The van der Waals surface area contributed by atoms with Gasteiger partial charge in [-0.05, 0) is 31.5 Å². The van der Waals surface area contributed by atoms with Gasteiger partial charge < -0.3 is 9.80 Å². The molecule has 2 atom stereocenters. The first-order valence-corrected chi connectivity index (χ1v) is 9.61. The highest BCUT2D eigenvalue weighted by atomic mass is 19.1. The number of anilines is 1. The van der Waals surface area contributed by atoms with E-state index < -0.39 is 5.82 Å². The number of hydrogen-bond acceptors (Lipinski definition) is 6. The van der Waals surface area contributed by atoms with Gasteiger partial charge in [-0.1, -0.05) is 0 Å². The number of benzene rings is 1. The van der Waals surface area contributed by atoms with Crippen LogP contribution in [0, 0.1) is 18.7 Å². The van der Waals surface area contributed by atoms with Crippen molar-refractivity contribution in [2.24, 2.45) is 5.92 Å². The summed E-state index contributed by atoms with van der Waals surface area (Å²) in [6.45, 7) is 4.23. The number of aryl methyl sites for hydroxylation is 1. The molecule has 2 fully saturated rings. The number of aromatic nitrogens is 5. The van der Waals surface area contributed by atoms with Gasteiger partial charge >= 0.3 is 0 Å². The summed E-state index contributed by atoms with van der Waals surface area (Å²) >= 11 is 0. The first-order chi connectivity index (χ1) is 14.1. The van der Waals surface area contributed by atoms with E-state index in [1.165, 1.54) is 35.4 Å². The van der Waals surface area contributed by atoms with Crippen LogP contribution in [0.4, 0.5) is 10.2 Å². The predicted molar refractivity (Wildman–Crippen MR) is 103 cm³/mol. The third-order valence-corrected chi connectivity index (χ3v) is 5.75. The average molecular weight is 393 g/mol. The SMILES string of the molecule is Cc1cc(N2CC[C@@H]3CN(C(=O)c4cc(F)ccc4-n4nccn4)[C@@H]3C2)ncn1. The van der Waals surface area contributed by atoms with Gasteiger partial charge in [0.05, 0.1) is 29.7 Å². The number of carbonyl (C=O) groups excluding carboxylic acids is 1. The molecule has 0 aliphatic carbocycles. The van der Waals surface area contributed by atoms with E-state index in [1.54, 1.807) is 6.33 Å². The second-order valence-electron chi connectivity index (χ2n) is 7.52. The number of halogens is 1. The Kier molecular flexibility index (Phi) is 4.22. The summed E-state index contributed by atoms with van der Waals surface area (Å²) in [6.07, 6.45) is 5.62. The fourth-order valence-electron chi connectivity index (χ4n) is 4.20. The van der Waals surface area contributed by atoms with Crippen LogP contribution in [0.25, 0.3) is 5.69 Å². The smallest absolute Gasteiger partial charge is 0.256 e. The average Bonchev–Trinajstić information content (AvgIpc) is 3.23. The van der Waals surface area contributed by atoms with Crippen LogP contribution in [0.5, 0.6) is 0 Å². The zero-order valence-electron chi connectivity index (χ0n) is 15.9. The minimum absolute atomic E-state index is 0.0771. The van der Waals surface area contributed by atoms with Gasteiger partial charge in [0, 0.05) is 37.3 Å². The predicted octanol–water partition coefficient (Wildman–Crippen LogP) is 1.86. The van der Waals surface area contributed by atoms with E-state index in [4.69, 9.17) is 0 Å². The number of likely N-dealkylation sites (tertiary alicyclic amines) is 1. The molecule has 0 radical (unpaired) electrons. The molecule has 2 saturated heterocycles. The van der Waals surface area contributed by atoms with E-state index >= 15 is 0 Å². The Morgan fingerprint density at radius 2 is 1.97 bits per heavy atom. The molecule has 1 aromatic carbocycles. The molecule has 148 valence electrons. The number of hydrogen-bond donors (Lipinski definition) is 0. The van der Waals surface area contributed by atoms with E-state index in [0.29, 0.717) is 24.7 Å².